The van der Waals surface area contributed by atoms with Gasteiger partial charge >= 0.3 is 0 Å². The number of piperazine rings is 1. The highest BCUT2D eigenvalue weighted by molar-refractivity contribution is 6.22. The number of amides is 1. The van der Waals surface area contributed by atoms with Crippen molar-refractivity contribution >= 4 is 11.7 Å². The highest BCUT2D eigenvalue weighted by atomic mass is 16.2. The first-order chi connectivity index (χ1) is 14.2. The molecule has 144 valence electrons. The molecule has 1 aliphatic carbocycles. The van der Waals surface area contributed by atoms with Crippen molar-refractivity contribution in [2.45, 2.75) is 6.54 Å². The zero-order valence-corrected chi connectivity index (χ0v) is 16.0. The molecule has 5 nitrogen and oxygen atoms in total. The van der Waals surface area contributed by atoms with E-state index in [0.717, 1.165) is 36.3 Å². The fourth-order valence-electron chi connectivity index (χ4n) is 4.20. The summed E-state index contributed by atoms with van der Waals surface area (Å²) in [5, 5.41) is 0. The van der Waals surface area contributed by atoms with Crippen molar-refractivity contribution < 1.29 is 9.59 Å². The summed E-state index contributed by atoms with van der Waals surface area (Å²) in [6.07, 6.45) is 3.62. The maximum atomic E-state index is 13.0. The van der Waals surface area contributed by atoms with Crippen LogP contribution in [0.4, 0.5) is 0 Å². The molecule has 2 aromatic carbocycles. The van der Waals surface area contributed by atoms with Crippen molar-refractivity contribution in [1.82, 2.24) is 14.8 Å². The van der Waals surface area contributed by atoms with Crippen LogP contribution in [0.3, 0.4) is 0 Å². The van der Waals surface area contributed by atoms with Crippen molar-refractivity contribution in [2.24, 2.45) is 0 Å². The number of carbonyl (C=O) groups excluding carboxylic acids is 2. The van der Waals surface area contributed by atoms with Crippen LogP contribution in [0, 0.1) is 0 Å². The number of ketones is 1. The largest absolute Gasteiger partial charge is 0.336 e. The van der Waals surface area contributed by atoms with Gasteiger partial charge in [0, 0.05) is 61.8 Å². The summed E-state index contributed by atoms with van der Waals surface area (Å²) in [4.78, 5) is 34.0. The molecule has 2 aliphatic rings. The molecular weight excluding hydrogens is 362 g/mol. The minimum Gasteiger partial charge on any atom is -0.336 e. The molecule has 0 bridgehead atoms. The van der Waals surface area contributed by atoms with E-state index in [1.807, 2.05) is 65.8 Å². The molecule has 1 saturated heterocycles. The number of rotatable bonds is 3. The minimum absolute atomic E-state index is 0.000109. The van der Waals surface area contributed by atoms with Gasteiger partial charge in [0.05, 0.1) is 0 Å². The lowest BCUT2D eigenvalue weighted by atomic mass is 10.0. The van der Waals surface area contributed by atoms with E-state index >= 15 is 0 Å². The number of aromatic nitrogens is 1. The van der Waals surface area contributed by atoms with Gasteiger partial charge in [0.15, 0.2) is 5.78 Å². The molecule has 0 radical (unpaired) electrons. The highest BCUT2D eigenvalue weighted by Gasteiger charge is 2.28. The molecule has 0 saturated carbocycles. The third-order valence-corrected chi connectivity index (χ3v) is 5.79. The second kappa shape index (κ2) is 7.26. The standard InChI is InChI=1S/C24H21N3O2/c28-23-21-4-2-1-3-19(21)20-6-5-18(15-22(20)23)24(29)27-13-11-26(12-14-27)16-17-7-9-25-10-8-17/h1-10,15H,11-14,16H2. The Morgan fingerprint density at radius 3 is 2.28 bits per heavy atom. The van der Waals surface area contributed by atoms with E-state index in [1.54, 1.807) is 6.07 Å². The molecule has 1 fully saturated rings. The second-order valence-electron chi connectivity index (χ2n) is 7.56. The van der Waals surface area contributed by atoms with Crippen LogP contribution in [0.5, 0.6) is 0 Å². The Labute approximate surface area is 169 Å². The molecule has 2 heterocycles. The zero-order chi connectivity index (χ0) is 19.8. The first-order valence-electron chi connectivity index (χ1n) is 9.89. The number of benzene rings is 2. The summed E-state index contributed by atoms with van der Waals surface area (Å²) in [6.45, 7) is 3.92. The summed E-state index contributed by atoms with van der Waals surface area (Å²) in [5.41, 5.74) is 5.05. The smallest absolute Gasteiger partial charge is 0.253 e. The normalized spacial score (nSPS) is 15.9. The number of hydrogen-bond acceptors (Lipinski definition) is 4. The molecule has 29 heavy (non-hydrogen) atoms. The van der Waals surface area contributed by atoms with Crippen LogP contribution >= 0.6 is 0 Å². The Morgan fingerprint density at radius 2 is 1.52 bits per heavy atom. The average Bonchev–Trinajstić information content (AvgIpc) is 3.06. The quantitative estimate of drug-likeness (QED) is 0.545. The van der Waals surface area contributed by atoms with Gasteiger partial charge in [-0.15, -0.1) is 0 Å². The predicted molar refractivity (Wildman–Crippen MR) is 111 cm³/mol. The summed E-state index contributed by atoms with van der Waals surface area (Å²) >= 11 is 0. The molecule has 0 spiro atoms. The number of hydrogen-bond donors (Lipinski definition) is 0. The van der Waals surface area contributed by atoms with Crippen LogP contribution in [0.25, 0.3) is 11.1 Å². The fraction of sp³-hybridized carbons (Fsp3) is 0.208. The SMILES string of the molecule is O=C1c2ccccc2-c2ccc(C(=O)N3CCN(Cc4ccncc4)CC3)cc21. The number of fused-ring (bicyclic) bond motifs is 3. The molecule has 1 aliphatic heterocycles. The van der Waals surface area contributed by atoms with Gasteiger partial charge in [0.1, 0.15) is 0 Å². The molecular formula is C24H21N3O2. The van der Waals surface area contributed by atoms with Gasteiger partial charge in [0.25, 0.3) is 5.91 Å². The summed E-state index contributed by atoms with van der Waals surface area (Å²) in [6, 6.07) is 17.2. The Balaban J connectivity index is 1.28. The Kier molecular flexibility index (Phi) is 4.45. The molecule has 0 atom stereocenters. The van der Waals surface area contributed by atoms with Crippen LogP contribution in [0.15, 0.2) is 67.0 Å². The highest BCUT2D eigenvalue weighted by Crippen LogP contribution is 2.36. The van der Waals surface area contributed by atoms with Crippen LogP contribution in [-0.4, -0.2) is 52.7 Å². The van der Waals surface area contributed by atoms with Gasteiger partial charge in [-0.05, 0) is 41.0 Å². The van der Waals surface area contributed by atoms with Crippen LogP contribution in [-0.2, 0) is 6.54 Å². The van der Waals surface area contributed by atoms with E-state index < -0.39 is 0 Å². The van der Waals surface area contributed by atoms with Crippen molar-refractivity contribution in [3.63, 3.8) is 0 Å². The third kappa shape index (κ3) is 3.23. The van der Waals surface area contributed by atoms with Gasteiger partial charge in [-0.2, -0.15) is 0 Å². The van der Waals surface area contributed by atoms with E-state index in [0.29, 0.717) is 24.2 Å². The van der Waals surface area contributed by atoms with Crippen molar-refractivity contribution in [3.8, 4) is 11.1 Å². The molecule has 0 N–H and O–H groups in total. The molecule has 0 unspecified atom stereocenters. The first kappa shape index (κ1) is 17.8. The number of nitrogens with zero attached hydrogens (tertiary/aromatic N) is 3. The van der Waals surface area contributed by atoms with E-state index in [2.05, 4.69) is 9.88 Å². The van der Waals surface area contributed by atoms with Gasteiger partial charge in [0.2, 0.25) is 0 Å². The minimum atomic E-state index is 0.000109. The van der Waals surface area contributed by atoms with Crippen LogP contribution in [0.1, 0.15) is 31.8 Å². The van der Waals surface area contributed by atoms with Gasteiger partial charge in [-0.25, -0.2) is 0 Å². The summed E-state index contributed by atoms with van der Waals surface area (Å²) in [7, 11) is 0. The first-order valence-corrected chi connectivity index (χ1v) is 9.89. The lowest BCUT2D eigenvalue weighted by Gasteiger charge is -2.34. The van der Waals surface area contributed by atoms with Crippen LogP contribution in [0.2, 0.25) is 0 Å². The Hall–Kier alpha value is -3.31. The molecule has 3 aromatic rings. The van der Waals surface area contributed by atoms with Crippen molar-refractivity contribution in [3.05, 3.63) is 89.2 Å². The predicted octanol–water partition coefficient (Wildman–Crippen LogP) is 3.25. The molecule has 5 rings (SSSR count). The van der Waals surface area contributed by atoms with Gasteiger partial charge in [-0.1, -0.05) is 30.3 Å². The lowest BCUT2D eigenvalue weighted by molar-refractivity contribution is 0.0628. The molecule has 1 amide bonds. The summed E-state index contributed by atoms with van der Waals surface area (Å²) < 4.78 is 0. The van der Waals surface area contributed by atoms with E-state index in [4.69, 9.17) is 0 Å². The van der Waals surface area contributed by atoms with E-state index in [9.17, 15) is 9.59 Å². The monoisotopic (exact) mass is 383 g/mol. The lowest BCUT2D eigenvalue weighted by Crippen LogP contribution is -2.48. The van der Waals surface area contributed by atoms with E-state index in [1.165, 1.54) is 5.56 Å². The maximum absolute atomic E-state index is 13.0. The molecule has 1 aromatic heterocycles. The maximum Gasteiger partial charge on any atom is 0.253 e. The van der Waals surface area contributed by atoms with Crippen LogP contribution < -0.4 is 0 Å². The van der Waals surface area contributed by atoms with Crippen molar-refractivity contribution in [1.29, 1.82) is 0 Å². The van der Waals surface area contributed by atoms with E-state index in [-0.39, 0.29) is 11.7 Å². The van der Waals surface area contributed by atoms with Gasteiger partial charge in [-0.3, -0.25) is 19.5 Å². The topological polar surface area (TPSA) is 53.5 Å². The Bertz CT molecular complexity index is 1090. The Morgan fingerprint density at radius 1 is 0.828 bits per heavy atom. The summed E-state index contributed by atoms with van der Waals surface area (Å²) in [5.74, 6) is 0.00698. The molecule has 5 heteroatoms. The third-order valence-electron chi connectivity index (χ3n) is 5.79. The second-order valence-corrected chi connectivity index (χ2v) is 7.56. The fourth-order valence-corrected chi connectivity index (χ4v) is 4.20. The number of carbonyl (C=O) groups is 2. The average molecular weight is 383 g/mol. The van der Waals surface area contributed by atoms with Gasteiger partial charge < -0.3 is 4.90 Å². The van der Waals surface area contributed by atoms with Crippen molar-refractivity contribution in [2.75, 3.05) is 26.2 Å². The zero-order valence-electron chi connectivity index (χ0n) is 16.0. The number of pyridine rings is 1.